The van der Waals surface area contributed by atoms with Gasteiger partial charge >= 0.3 is 0 Å². The first kappa shape index (κ1) is 19.8. The second-order valence-electron chi connectivity index (χ2n) is 6.43. The lowest BCUT2D eigenvalue weighted by molar-refractivity contribution is -0.134. The minimum atomic E-state index is 0. The molecule has 2 rings (SSSR count). The number of carbonyl (C=O) groups is 1. The fraction of sp³-hybridized carbons (Fsp3) is 0.611. The first-order valence-corrected chi connectivity index (χ1v) is 8.20. The zero-order valence-corrected chi connectivity index (χ0v) is 15.4. The van der Waals surface area contributed by atoms with Crippen LogP contribution in [-0.4, -0.2) is 43.6 Å². The Bertz CT molecular complexity index is 520. The average molecular weight is 341 g/mol. The summed E-state index contributed by atoms with van der Waals surface area (Å²) in [5.41, 5.74) is 2.31. The number of rotatable bonds is 6. The highest BCUT2D eigenvalue weighted by Crippen LogP contribution is 2.27. The van der Waals surface area contributed by atoms with Crippen molar-refractivity contribution in [2.75, 3.05) is 26.7 Å². The number of amides is 1. The molecule has 0 aromatic heterocycles. The molecule has 5 heteroatoms. The summed E-state index contributed by atoms with van der Waals surface area (Å²) in [6, 6.07) is 6.52. The molecular weight excluding hydrogens is 312 g/mol. The number of hydrogen-bond donors (Lipinski definition) is 1. The predicted octanol–water partition coefficient (Wildman–Crippen LogP) is 3.13. The molecule has 1 aliphatic rings. The molecule has 1 N–H and O–H groups in total. The minimum Gasteiger partial charge on any atom is -0.483 e. The van der Waals surface area contributed by atoms with E-state index in [0.29, 0.717) is 12.0 Å². The van der Waals surface area contributed by atoms with Gasteiger partial charge in [-0.3, -0.25) is 4.79 Å². The van der Waals surface area contributed by atoms with Gasteiger partial charge in [-0.15, -0.1) is 12.4 Å². The van der Waals surface area contributed by atoms with Gasteiger partial charge in [0, 0.05) is 19.1 Å². The van der Waals surface area contributed by atoms with Crippen LogP contribution in [-0.2, 0) is 4.79 Å². The Labute approximate surface area is 146 Å². The Kier molecular flexibility index (Phi) is 7.86. The number of ether oxygens (including phenoxy) is 1. The van der Waals surface area contributed by atoms with Crippen molar-refractivity contribution in [2.24, 2.45) is 0 Å². The van der Waals surface area contributed by atoms with Crippen molar-refractivity contribution >= 4 is 18.3 Å². The number of likely N-dealkylation sites (tertiary alicyclic amines) is 1. The van der Waals surface area contributed by atoms with E-state index in [0.717, 1.165) is 42.8 Å². The van der Waals surface area contributed by atoms with Gasteiger partial charge in [-0.2, -0.15) is 0 Å². The van der Waals surface area contributed by atoms with Crippen molar-refractivity contribution in [1.82, 2.24) is 10.2 Å². The number of halogens is 1. The summed E-state index contributed by atoms with van der Waals surface area (Å²) >= 11 is 0. The van der Waals surface area contributed by atoms with E-state index in [1.54, 1.807) is 0 Å². The number of hydrogen-bond acceptors (Lipinski definition) is 3. The lowest BCUT2D eigenvalue weighted by Gasteiger charge is -2.25. The van der Waals surface area contributed by atoms with Gasteiger partial charge in [0.2, 0.25) is 0 Å². The monoisotopic (exact) mass is 340 g/mol. The molecule has 0 saturated carbocycles. The quantitative estimate of drug-likeness (QED) is 0.865. The van der Waals surface area contributed by atoms with E-state index in [1.807, 2.05) is 24.9 Å². The molecule has 1 unspecified atom stereocenters. The van der Waals surface area contributed by atoms with Crippen LogP contribution in [0.1, 0.15) is 43.7 Å². The van der Waals surface area contributed by atoms with Crippen LogP contribution in [0.2, 0.25) is 0 Å². The largest absolute Gasteiger partial charge is 0.483 e. The predicted molar refractivity (Wildman–Crippen MR) is 96.7 cm³/mol. The number of nitrogens with zero attached hydrogens (tertiary/aromatic N) is 1. The van der Waals surface area contributed by atoms with Crippen LogP contribution < -0.4 is 10.1 Å². The van der Waals surface area contributed by atoms with E-state index in [-0.39, 0.29) is 24.9 Å². The fourth-order valence-electron chi connectivity index (χ4n) is 3.08. The molecule has 23 heavy (non-hydrogen) atoms. The molecule has 130 valence electrons. The van der Waals surface area contributed by atoms with Crippen molar-refractivity contribution in [1.29, 1.82) is 0 Å². The van der Waals surface area contributed by atoms with Crippen LogP contribution in [0.25, 0.3) is 0 Å². The molecule has 1 aliphatic heterocycles. The van der Waals surface area contributed by atoms with Gasteiger partial charge < -0.3 is 15.0 Å². The summed E-state index contributed by atoms with van der Waals surface area (Å²) in [6.45, 7) is 8.16. The SMILES string of the molecule is CNCC1CCCN1C(=O)COc1cc(C)ccc1C(C)C.Cl. The number of likely N-dealkylation sites (N-methyl/N-ethyl adjacent to an activating group) is 1. The smallest absolute Gasteiger partial charge is 0.260 e. The number of nitrogens with one attached hydrogen (secondary N) is 1. The number of aryl methyl sites for hydroxylation is 1. The molecule has 1 aromatic carbocycles. The highest BCUT2D eigenvalue weighted by molar-refractivity contribution is 5.85. The Morgan fingerprint density at radius 3 is 2.83 bits per heavy atom. The van der Waals surface area contributed by atoms with Gasteiger partial charge in [-0.25, -0.2) is 0 Å². The van der Waals surface area contributed by atoms with Crippen LogP contribution in [0.3, 0.4) is 0 Å². The third-order valence-electron chi connectivity index (χ3n) is 4.28. The van der Waals surface area contributed by atoms with Crippen LogP contribution in [0, 0.1) is 6.92 Å². The second kappa shape index (κ2) is 9.14. The van der Waals surface area contributed by atoms with Gasteiger partial charge in [0.1, 0.15) is 5.75 Å². The first-order valence-electron chi connectivity index (χ1n) is 8.20. The summed E-state index contributed by atoms with van der Waals surface area (Å²) in [5, 5.41) is 3.17. The Morgan fingerprint density at radius 1 is 1.43 bits per heavy atom. The normalized spacial score (nSPS) is 17.3. The second-order valence-corrected chi connectivity index (χ2v) is 6.43. The molecule has 0 bridgehead atoms. The zero-order chi connectivity index (χ0) is 16.1. The molecule has 1 saturated heterocycles. The van der Waals surface area contributed by atoms with Gasteiger partial charge in [0.05, 0.1) is 0 Å². The van der Waals surface area contributed by atoms with E-state index < -0.39 is 0 Å². The minimum absolute atomic E-state index is 0. The molecule has 4 nitrogen and oxygen atoms in total. The Morgan fingerprint density at radius 2 is 2.17 bits per heavy atom. The van der Waals surface area contributed by atoms with E-state index in [2.05, 4.69) is 31.3 Å². The summed E-state index contributed by atoms with van der Waals surface area (Å²) in [4.78, 5) is 14.4. The van der Waals surface area contributed by atoms with Crippen molar-refractivity contribution in [3.05, 3.63) is 29.3 Å². The molecule has 0 spiro atoms. The third kappa shape index (κ3) is 5.11. The number of carbonyl (C=O) groups excluding carboxylic acids is 1. The summed E-state index contributed by atoms with van der Waals surface area (Å²) in [6.07, 6.45) is 2.16. The van der Waals surface area contributed by atoms with E-state index >= 15 is 0 Å². The zero-order valence-electron chi connectivity index (χ0n) is 14.6. The molecule has 0 radical (unpaired) electrons. The Hall–Kier alpha value is -1.26. The van der Waals surface area contributed by atoms with Crippen LogP contribution in [0.5, 0.6) is 5.75 Å². The van der Waals surface area contributed by atoms with Gasteiger partial charge in [0.25, 0.3) is 5.91 Å². The molecule has 1 amide bonds. The molecule has 1 atom stereocenters. The fourth-order valence-corrected chi connectivity index (χ4v) is 3.08. The van der Waals surface area contributed by atoms with E-state index in [4.69, 9.17) is 4.74 Å². The van der Waals surface area contributed by atoms with Gasteiger partial charge in [0.15, 0.2) is 6.61 Å². The summed E-state index contributed by atoms with van der Waals surface area (Å²) < 4.78 is 5.87. The third-order valence-corrected chi connectivity index (χ3v) is 4.28. The van der Waals surface area contributed by atoms with Crippen molar-refractivity contribution < 1.29 is 9.53 Å². The molecule has 1 aromatic rings. The maximum Gasteiger partial charge on any atom is 0.260 e. The lowest BCUT2D eigenvalue weighted by atomic mass is 10.0. The van der Waals surface area contributed by atoms with Crippen molar-refractivity contribution in [3.8, 4) is 5.75 Å². The standard InChI is InChI=1S/C18H28N2O2.ClH/c1-13(2)16-8-7-14(3)10-17(16)22-12-18(21)20-9-5-6-15(20)11-19-4;/h7-8,10,13,15,19H,5-6,9,11-12H2,1-4H3;1H. The number of benzene rings is 1. The van der Waals surface area contributed by atoms with E-state index in [1.165, 1.54) is 0 Å². The molecule has 0 aliphatic carbocycles. The highest BCUT2D eigenvalue weighted by Gasteiger charge is 2.28. The van der Waals surface area contributed by atoms with Crippen LogP contribution in [0.15, 0.2) is 18.2 Å². The molecule has 1 heterocycles. The van der Waals surface area contributed by atoms with Gasteiger partial charge in [-0.05, 0) is 49.9 Å². The summed E-state index contributed by atoms with van der Waals surface area (Å²) in [5.74, 6) is 1.32. The lowest BCUT2D eigenvalue weighted by Crippen LogP contribution is -2.43. The van der Waals surface area contributed by atoms with Crippen molar-refractivity contribution in [2.45, 2.75) is 45.6 Å². The average Bonchev–Trinajstić information content (AvgIpc) is 2.93. The topological polar surface area (TPSA) is 41.6 Å². The van der Waals surface area contributed by atoms with Crippen LogP contribution in [0.4, 0.5) is 0 Å². The first-order chi connectivity index (χ1) is 10.5. The summed E-state index contributed by atoms with van der Waals surface area (Å²) in [7, 11) is 1.93. The highest BCUT2D eigenvalue weighted by atomic mass is 35.5. The Balaban J connectivity index is 0.00000264. The molecular formula is C18H29ClN2O2. The van der Waals surface area contributed by atoms with Gasteiger partial charge in [-0.1, -0.05) is 26.0 Å². The molecule has 1 fully saturated rings. The maximum atomic E-state index is 12.4. The van der Waals surface area contributed by atoms with E-state index in [9.17, 15) is 4.79 Å². The maximum absolute atomic E-state index is 12.4. The van der Waals surface area contributed by atoms with Crippen molar-refractivity contribution in [3.63, 3.8) is 0 Å². The van der Waals surface area contributed by atoms with Crippen LogP contribution >= 0.6 is 12.4 Å².